The van der Waals surface area contributed by atoms with Crippen molar-refractivity contribution in [2.45, 2.75) is 32.2 Å². The van der Waals surface area contributed by atoms with Crippen molar-refractivity contribution >= 4 is 27.8 Å². The van der Waals surface area contributed by atoms with Gasteiger partial charge in [0.1, 0.15) is 0 Å². The predicted molar refractivity (Wildman–Crippen MR) is 59.9 cm³/mol. The molecule has 5 heteroatoms. The van der Waals surface area contributed by atoms with Crippen molar-refractivity contribution in [2.24, 2.45) is 5.92 Å². The second kappa shape index (κ2) is 5.49. The van der Waals surface area contributed by atoms with Gasteiger partial charge in [-0.05, 0) is 19.3 Å². The SMILES string of the molecule is CCC1CC(C(=O)O)CCN1C(=O)CBr. The van der Waals surface area contributed by atoms with Crippen molar-refractivity contribution in [3.8, 4) is 0 Å². The quantitative estimate of drug-likeness (QED) is 0.796. The van der Waals surface area contributed by atoms with E-state index in [0.29, 0.717) is 24.7 Å². The number of likely N-dealkylation sites (tertiary alicyclic amines) is 1. The van der Waals surface area contributed by atoms with Crippen LogP contribution >= 0.6 is 15.9 Å². The Balaban J connectivity index is 2.64. The van der Waals surface area contributed by atoms with E-state index >= 15 is 0 Å². The first-order valence-electron chi connectivity index (χ1n) is 5.18. The predicted octanol–water partition coefficient (Wildman–Crippen LogP) is 1.48. The zero-order valence-electron chi connectivity index (χ0n) is 8.78. The Morgan fingerprint density at radius 3 is 2.67 bits per heavy atom. The van der Waals surface area contributed by atoms with Crippen molar-refractivity contribution in [1.29, 1.82) is 0 Å². The van der Waals surface area contributed by atoms with Crippen molar-refractivity contribution in [3.05, 3.63) is 0 Å². The van der Waals surface area contributed by atoms with Crippen LogP contribution in [0.25, 0.3) is 0 Å². The third-order valence-corrected chi connectivity index (χ3v) is 3.45. The minimum atomic E-state index is -0.737. The molecule has 15 heavy (non-hydrogen) atoms. The van der Waals surface area contributed by atoms with Crippen LogP contribution < -0.4 is 0 Å². The van der Waals surface area contributed by atoms with Crippen LogP contribution in [-0.2, 0) is 9.59 Å². The number of carbonyl (C=O) groups is 2. The topological polar surface area (TPSA) is 57.6 Å². The molecule has 1 aliphatic rings. The first kappa shape index (κ1) is 12.5. The van der Waals surface area contributed by atoms with E-state index in [4.69, 9.17) is 5.11 Å². The molecule has 0 bridgehead atoms. The molecule has 4 nitrogen and oxygen atoms in total. The highest BCUT2D eigenvalue weighted by Gasteiger charge is 2.32. The van der Waals surface area contributed by atoms with Crippen LogP contribution in [0.1, 0.15) is 26.2 Å². The maximum absolute atomic E-state index is 11.5. The minimum Gasteiger partial charge on any atom is -0.481 e. The van der Waals surface area contributed by atoms with Gasteiger partial charge in [-0.3, -0.25) is 9.59 Å². The third-order valence-electron chi connectivity index (χ3n) is 2.97. The molecule has 1 fully saturated rings. The van der Waals surface area contributed by atoms with Gasteiger partial charge in [-0.1, -0.05) is 22.9 Å². The molecule has 86 valence electrons. The lowest BCUT2D eigenvalue weighted by molar-refractivity contribution is -0.147. The summed E-state index contributed by atoms with van der Waals surface area (Å²) in [6, 6.07) is 0.0879. The fourth-order valence-electron chi connectivity index (χ4n) is 2.07. The molecule has 1 amide bonds. The van der Waals surface area contributed by atoms with Gasteiger partial charge in [-0.2, -0.15) is 0 Å². The van der Waals surface area contributed by atoms with Gasteiger partial charge in [-0.25, -0.2) is 0 Å². The molecule has 1 N–H and O–H groups in total. The monoisotopic (exact) mass is 277 g/mol. The lowest BCUT2D eigenvalue weighted by Crippen LogP contribution is -2.47. The van der Waals surface area contributed by atoms with E-state index in [2.05, 4.69) is 15.9 Å². The highest BCUT2D eigenvalue weighted by molar-refractivity contribution is 9.09. The summed E-state index contributed by atoms with van der Waals surface area (Å²) in [5, 5.41) is 9.24. The number of nitrogens with zero attached hydrogens (tertiary/aromatic N) is 1. The zero-order valence-corrected chi connectivity index (χ0v) is 10.4. The summed E-state index contributed by atoms with van der Waals surface area (Å²) in [6.45, 7) is 2.56. The van der Waals surface area contributed by atoms with E-state index in [-0.39, 0.29) is 17.9 Å². The van der Waals surface area contributed by atoms with Crippen LogP contribution in [0, 0.1) is 5.92 Å². The summed E-state index contributed by atoms with van der Waals surface area (Å²) in [7, 11) is 0. The number of aliphatic carboxylic acids is 1. The molecule has 0 aromatic carbocycles. The van der Waals surface area contributed by atoms with Crippen LogP contribution in [0.4, 0.5) is 0 Å². The summed E-state index contributed by atoms with van der Waals surface area (Å²) in [6.07, 6.45) is 1.98. The van der Waals surface area contributed by atoms with E-state index in [1.807, 2.05) is 6.92 Å². The molecular formula is C10H16BrNO3. The molecule has 2 atom stereocenters. The van der Waals surface area contributed by atoms with Gasteiger partial charge in [0.25, 0.3) is 0 Å². The van der Waals surface area contributed by atoms with Gasteiger partial charge in [0, 0.05) is 12.6 Å². The number of rotatable bonds is 3. The fourth-order valence-corrected chi connectivity index (χ4v) is 2.39. The van der Waals surface area contributed by atoms with E-state index in [9.17, 15) is 9.59 Å². The number of piperidine rings is 1. The number of carboxylic acids is 1. The third kappa shape index (κ3) is 2.93. The van der Waals surface area contributed by atoms with Crippen LogP contribution in [0.5, 0.6) is 0 Å². The van der Waals surface area contributed by atoms with E-state index in [1.54, 1.807) is 4.90 Å². The molecule has 0 radical (unpaired) electrons. The number of hydrogen-bond donors (Lipinski definition) is 1. The van der Waals surface area contributed by atoms with Gasteiger partial charge < -0.3 is 10.0 Å². The summed E-state index contributed by atoms with van der Waals surface area (Å²) in [5.74, 6) is -0.959. The second-order valence-electron chi connectivity index (χ2n) is 3.84. The molecule has 2 unspecified atom stereocenters. The lowest BCUT2D eigenvalue weighted by atomic mass is 9.89. The van der Waals surface area contributed by atoms with Gasteiger partial charge >= 0.3 is 5.97 Å². The Morgan fingerprint density at radius 2 is 2.20 bits per heavy atom. The molecule has 1 heterocycles. The van der Waals surface area contributed by atoms with Gasteiger partial charge in [-0.15, -0.1) is 0 Å². The Labute approximate surface area is 97.8 Å². The number of carbonyl (C=O) groups excluding carboxylic acids is 1. The normalized spacial score (nSPS) is 26.4. The standard InChI is InChI=1S/C10H16BrNO3/c1-2-8-5-7(10(14)15)3-4-12(8)9(13)6-11/h7-8H,2-6H2,1H3,(H,14,15). The molecule has 0 spiro atoms. The van der Waals surface area contributed by atoms with Crippen LogP contribution in [-0.4, -0.2) is 39.8 Å². The molecule has 0 aromatic rings. The highest BCUT2D eigenvalue weighted by atomic mass is 79.9. The average Bonchev–Trinajstić information content (AvgIpc) is 2.27. The summed E-state index contributed by atoms with van der Waals surface area (Å²) in [5.41, 5.74) is 0. The zero-order chi connectivity index (χ0) is 11.4. The summed E-state index contributed by atoms with van der Waals surface area (Å²) < 4.78 is 0. The number of halogens is 1. The van der Waals surface area contributed by atoms with E-state index in [1.165, 1.54) is 0 Å². The largest absolute Gasteiger partial charge is 0.481 e. The number of alkyl halides is 1. The van der Waals surface area contributed by atoms with Gasteiger partial charge in [0.2, 0.25) is 5.91 Å². The summed E-state index contributed by atoms with van der Waals surface area (Å²) in [4.78, 5) is 24.2. The Kier molecular flexibility index (Phi) is 4.57. The molecular weight excluding hydrogens is 262 g/mol. The number of hydrogen-bond acceptors (Lipinski definition) is 2. The van der Waals surface area contributed by atoms with Gasteiger partial charge in [0.05, 0.1) is 11.2 Å². The average molecular weight is 278 g/mol. The van der Waals surface area contributed by atoms with E-state index < -0.39 is 5.97 Å². The molecule has 0 aromatic heterocycles. The van der Waals surface area contributed by atoms with Crippen LogP contribution in [0.15, 0.2) is 0 Å². The molecule has 1 aliphatic heterocycles. The highest BCUT2D eigenvalue weighted by Crippen LogP contribution is 2.25. The maximum atomic E-state index is 11.5. The van der Waals surface area contributed by atoms with E-state index in [0.717, 1.165) is 6.42 Å². The second-order valence-corrected chi connectivity index (χ2v) is 4.40. The number of carboxylic acid groups (broad SMARTS) is 1. The Hall–Kier alpha value is -0.580. The molecule has 1 rings (SSSR count). The van der Waals surface area contributed by atoms with Crippen molar-refractivity contribution in [2.75, 3.05) is 11.9 Å². The van der Waals surface area contributed by atoms with Gasteiger partial charge in [0.15, 0.2) is 0 Å². The van der Waals surface area contributed by atoms with Crippen LogP contribution in [0.2, 0.25) is 0 Å². The smallest absolute Gasteiger partial charge is 0.306 e. The van der Waals surface area contributed by atoms with Crippen LogP contribution in [0.3, 0.4) is 0 Å². The minimum absolute atomic E-state index is 0.0608. The maximum Gasteiger partial charge on any atom is 0.306 e. The summed E-state index contributed by atoms with van der Waals surface area (Å²) >= 11 is 3.14. The Bertz CT molecular complexity index is 257. The molecule has 0 saturated carbocycles. The van der Waals surface area contributed by atoms with Crippen molar-refractivity contribution < 1.29 is 14.7 Å². The Morgan fingerprint density at radius 1 is 1.53 bits per heavy atom. The van der Waals surface area contributed by atoms with Crippen molar-refractivity contribution in [3.63, 3.8) is 0 Å². The lowest BCUT2D eigenvalue weighted by Gasteiger charge is -2.37. The van der Waals surface area contributed by atoms with Crippen molar-refractivity contribution in [1.82, 2.24) is 4.90 Å². The first-order valence-corrected chi connectivity index (χ1v) is 6.30. The fraction of sp³-hybridized carbons (Fsp3) is 0.800. The molecule has 0 aliphatic carbocycles. The number of amides is 1. The first-order chi connectivity index (χ1) is 7.10. The molecule has 1 saturated heterocycles.